The lowest BCUT2D eigenvalue weighted by Gasteiger charge is -2.23. The zero-order chi connectivity index (χ0) is 14.2. The minimum absolute atomic E-state index is 0.359. The van der Waals surface area contributed by atoms with Crippen molar-refractivity contribution >= 4 is 17.4 Å². The predicted molar refractivity (Wildman–Crippen MR) is 85.5 cm³/mol. The first-order valence-corrected chi connectivity index (χ1v) is 8.68. The van der Waals surface area contributed by atoms with Gasteiger partial charge in [0, 0.05) is 17.1 Å². The Morgan fingerprint density at radius 3 is 2.90 bits per heavy atom. The highest BCUT2D eigenvalue weighted by Gasteiger charge is 2.15. The Hall–Kier alpha value is -0.710. The minimum Gasteiger partial charge on any atom is -0.389 e. The van der Waals surface area contributed by atoms with Gasteiger partial charge in [-0.25, -0.2) is 0 Å². The van der Waals surface area contributed by atoms with E-state index in [1.807, 2.05) is 12.1 Å². The predicted octanol–water partition coefficient (Wildman–Crippen LogP) is 3.53. The minimum atomic E-state index is -0.449. The first kappa shape index (κ1) is 15.7. The van der Waals surface area contributed by atoms with Crippen LogP contribution in [0.4, 0.5) is 5.69 Å². The third-order valence-electron chi connectivity index (χ3n) is 3.69. The zero-order valence-electron chi connectivity index (χ0n) is 12.2. The van der Waals surface area contributed by atoms with Crippen molar-refractivity contribution in [2.24, 2.45) is 0 Å². The molecule has 1 saturated carbocycles. The molecule has 2 N–H and O–H groups in total. The molecule has 4 heteroatoms. The van der Waals surface area contributed by atoms with Crippen LogP contribution in [0.15, 0.2) is 29.2 Å². The highest BCUT2D eigenvalue weighted by Crippen LogP contribution is 2.21. The Morgan fingerprint density at radius 2 is 2.15 bits per heavy atom. The van der Waals surface area contributed by atoms with Crippen LogP contribution in [0.25, 0.3) is 0 Å². The number of ether oxygens (including phenoxy) is 1. The molecular weight excluding hydrogens is 270 g/mol. The molecule has 0 heterocycles. The van der Waals surface area contributed by atoms with Crippen LogP contribution in [0.1, 0.15) is 32.1 Å². The third kappa shape index (κ3) is 5.35. The van der Waals surface area contributed by atoms with Crippen molar-refractivity contribution in [1.29, 1.82) is 0 Å². The van der Waals surface area contributed by atoms with Crippen molar-refractivity contribution in [2.45, 2.75) is 49.2 Å². The second kappa shape index (κ2) is 8.55. The standard InChI is InChI=1S/C16H25NO2S/c1-20-16-9-5-6-13(10-16)17-11-14(18)12-19-15-7-3-2-4-8-15/h5-6,9-10,14-15,17-18H,2-4,7-8,11-12H2,1H3. The lowest BCUT2D eigenvalue weighted by molar-refractivity contribution is -0.0195. The average Bonchev–Trinajstić information content (AvgIpc) is 2.52. The lowest BCUT2D eigenvalue weighted by atomic mass is 9.98. The quantitative estimate of drug-likeness (QED) is 0.755. The molecule has 1 aliphatic carbocycles. The van der Waals surface area contributed by atoms with E-state index in [2.05, 4.69) is 23.7 Å². The molecule has 0 aliphatic heterocycles. The van der Waals surface area contributed by atoms with Crippen LogP contribution in [0.5, 0.6) is 0 Å². The first-order valence-electron chi connectivity index (χ1n) is 7.45. The summed E-state index contributed by atoms with van der Waals surface area (Å²) >= 11 is 1.72. The highest BCUT2D eigenvalue weighted by atomic mass is 32.2. The second-order valence-electron chi connectivity index (χ2n) is 5.36. The molecule has 20 heavy (non-hydrogen) atoms. The monoisotopic (exact) mass is 295 g/mol. The smallest absolute Gasteiger partial charge is 0.0945 e. The molecule has 0 spiro atoms. The first-order chi connectivity index (χ1) is 9.78. The van der Waals surface area contributed by atoms with Gasteiger partial charge in [-0.2, -0.15) is 0 Å². The van der Waals surface area contributed by atoms with Crippen LogP contribution < -0.4 is 5.32 Å². The maximum Gasteiger partial charge on any atom is 0.0945 e. The third-order valence-corrected chi connectivity index (χ3v) is 4.41. The average molecular weight is 295 g/mol. The van der Waals surface area contributed by atoms with Gasteiger partial charge in [0.05, 0.1) is 18.8 Å². The summed E-state index contributed by atoms with van der Waals surface area (Å²) in [5, 5.41) is 13.2. The van der Waals surface area contributed by atoms with Gasteiger partial charge in [0.25, 0.3) is 0 Å². The summed E-state index contributed by atoms with van der Waals surface area (Å²) in [4.78, 5) is 1.22. The van der Waals surface area contributed by atoms with Gasteiger partial charge in [-0.3, -0.25) is 0 Å². The van der Waals surface area contributed by atoms with Crippen molar-refractivity contribution in [3.63, 3.8) is 0 Å². The van der Waals surface area contributed by atoms with Gasteiger partial charge in [-0.15, -0.1) is 11.8 Å². The summed E-state index contributed by atoms with van der Waals surface area (Å²) in [6.07, 6.45) is 8.13. The molecule has 0 aromatic heterocycles. The summed E-state index contributed by atoms with van der Waals surface area (Å²) in [5.74, 6) is 0. The summed E-state index contributed by atoms with van der Waals surface area (Å²) < 4.78 is 5.78. The number of rotatable bonds is 7. The number of hydrogen-bond donors (Lipinski definition) is 2. The number of nitrogens with one attached hydrogen (secondary N) is 1. The fourth-order valence-corrected chi connectivity index (χ4v) is 2.97. The van der Waals surface area contributed by atoms with Crippen LogP contribution in [0.2, 0.25) is 0 Å². The number of aliphatic hydroxyl groups excluding tert-OH is 1. The summed E-state index contributed by atoms with van der Waals surface area (Å²) in [6, 6.07) is 8.23. The van der Waals surface area contributed by atoms with Crippen LogP contribution in [0, 0.1) is 0 Å². The van der Waals surface area contributed by atoms with E-state index in [9.17, 15) is 5.11 Å². The molecular formula is C16H25NO2S. The largest absolute Gasteiger partial charge is 0.389 e. The lowest BCUT2D eigenvalue weighted by Crippen LogP contribution is -2.28. The Morgan fingerprint density at radius 1 is 1.35 bits per heavy atom. The SMILES string of the molecule is CSc1cccc(NCC(O)COC2CCCCC2)c1. The van der Waals surface area contributed by atoms with E-state index in [0.717, 1.165) is 18.5 Å². The number of benzene rings is 1. The molecule has 1 atom stereocenters. The molecule has 1 fully saturated rings. The molecule has 0 bridgehead atoms. The Bertz CT molecular complexity index is 394. The van der Waals surface area contributed by atoms with Crippen LogP contribution >= 0.6 is 11.8 Å². The van der Waals surface area contributed by atoms with Crippen LogP contribution in [0.3, 0.4) is 0 Å². The number of anilines is 1. The number of thioether (sulfide) groups is 1. The number of aliphatic hydroxyl groups is 1. The maximum absolute atomic E-state index is 9.97. The van der Waals surface area contributed by atoms with Gasteiger partial charge in [-0.05, 0) is 37.3 Å². The highest BCUT2D eigenvalue weighted by molar-refractivity contribution is 7.98. The number of hydrogen-bond acceptors (Lipinski definition) is 4. The summed E-state index contributed by atoms with van der Waals surface area (Å²) in [5.41, 5.74) is 1.05. The van der Waals surface area contributed by atoms with Crippen molar-refractivity contribution < 1.29 is 9.84 Å². The van der Waals surface area contributed by atoms with E-state index < -0.39 is 6.10 Å². The molecule has 0 radical (unpaired) electrons. The molecule has 1 unspecified atom stereocenters. The Balaban J connectivity index is 1.67. The normalized spacial score (nSPS) is 17.9. The Labute approximate surface area is 126 Å². The zero-order valence-corrected chi connectivity index (χ0v) is 13.0. The van der Waals surface area contributed by atoms with E-state index in [-0.39, 0.29) is 0 Å². The molecule has 1 aromatic rings. The van der Waals surface area contributed by atoms with Gasteiger partial charge in [-0.1, -0.05) is 25.3 Å². The summed E-state index contributed by atoms with van der Waals surface area (Å²) in [6.45, 7) is 0.963. The van der Waals surface area contributed by atoms with E-state index in [0.29, 0.717) is 19.3 Å². The van der Waals surface area contributed by atoms with E-state index >= 15 is 0 Å². The fourth-order valence-electron chi connectivity index (χ4n) is 2.51. The van der Waals surface area contributed by atoms with E-state index in [1.54, 1.807) is 11.8 Å². The summed E-state index contributed by atoms with van der Waals surface area (Å²) in [7, 11) is 0. The fraction of sp³-hybridized carbons (Fsp3) is 0.625. The van der Waals surface area contributed by atoms with Crippen molar-refractivity contribution in [3.8, 4) is 0 Å². The second-order valence-corrected chi connectivity index (χ2v) is 6.24. The topological polar surface area (TPSA) is 41.5 Å². The molecule has 1 aromatic carbocycles. The van der Waals surface area contributed by atoms with Crippen molar-refractivity contribution in [1.82, 2.24) is 0 Å². The van der Waals surface area contributed by atoms with Gasteiger partial charge < -0.3 is 15.2 Å². The molecule has 2 rings (SSSR count). The molecule has 112 valence electrons. The van der Waals surface area contributed by atoms with Gasteiger partial charge in [0.2, 0.25) is 0 Å². The van der Waals surface area contributed by atoms with Gasteiger partial charge in [0.1, 0.15) is 0 Å². The van der Waals surface area contributed by atoms with Crippen molar-refractivity contribution in [3.05, 3.63) is 24.3 Å². The molecule has 0 saturated heterocycles. The van der Waals surface area contributed by atoms with Crippen molar-refractivity contribution in [2.75, 3.05) is 24.7 Å². The molecule has 0 amide bonds. The maximum atomic E-state index is 9.97. The van der Waals surface area contributed by atoms with Gasteiger partial charge >= 0.3 is 0 Å². The molecule has 1 aliphatic rings. The van der Waals surface area contributed by atoms with Crippen LogP contribution in [-0.4, -0.2) is 36.7 Å². The van der Waals surface area contributed by atoms with E-state index in [4.69, 9.17) is 4.74 Å². The Kier molecular flexibility index (Phi) is 6.70. The van der Waals surface area contributed by atoms with Crippen LogP contribution in [-0.2, 0) is 4.74 Å². The van der Waals surface area contributed by atoms with Gasteiger partial charge in [0.15, 0.2) is 0 Å². The molecule has 3 nitrogen and oxygen atoms in total. The van der Waals surface area contributed by atoms with E-state index in [1.165, 1.54) is 24.2 Å².